The van der Waals surface area contributed by atoms with E-state index < -0.39 is 0 Å². The lowest BCUT2D eigenvalue weighted by molar-refractivity contribution is -0.133. The van der Waals surface area contributed by atoms with Crippen molar-refractivity contribution in [1.82, 2.24) is 24.6 Å². The number of aryl methyl sites for hydroxylation is 2. The van der Waals surface area contributed by atoms with Gasteiger partial charge in [-0.1, -0.05) is 6.07 Å². The lowest BCUT2D eigenvalue weighted by Gasteiger charge is -2.35. The molecule has 0 saturated carbocycles. The third-order valence-electron chi connectivity index (χ3n) is 5.20. The van der Waals surface area contributed by atoms with Crippen LogP contribution in [0.15, 0.2) is 49.1 Å². The van der Waals surface area contributed by atoms with Crippen molar-refractivity contribution in [1.29, 1.82) is 0 Å². The van der Waals surface area contributed by atoms with Gasteiger partial charge in [-0.25, -0.2) is 4.98 Å². The van der Waals surface area contributed by atoms with Gasteiger partial charge in [-0.2, -0.15) is 0 Å². The van der Waals surface area contributed by atoms with E-state index in [1.54, 1.807) is 12.5 Å². The SMILES string of the molecule is Cc1ccc(OCC(=O)N2CCN(c3ccc(-n4ccnc4)nn3)CC2)cc1C. The maximum absolute atomic E-state index is 12.5. The number of carbonyl (C=O) groups excluding carboxylic acids is 1. The van der Waals surface area contributed by atoms with Gasteiger partial charge in [-0.05, 0) is 49.2 Å². The number of ether oxygens (including phenoxy) is 1. The Balaban J connectivity index is 1.28. The van der Waals surface area contributed by atoms with Gasteiger partial charge in [-0.3, -0.25) is 9.36 Å². The minimum absolute atomic E-state index is 0.00409. The number of benzene rings is 1. The summed E-state index contributed by atoms with van der Waals surface area (Å²) in [5.41, 5.74) is 2.37. The summed E-state index contributed by atoms with van der Waals surface area (Å²) in [6.07, 6.45) is 5.22. The summed E-state index contributed by atoms with van der Waals surface area (Å²) in [5.74, 6) is 2.27. The number of imidazole rings is 1. The highest BCUT2D eigenvalue weighted by atomic mass is 16.5. The molecule has 0 unspecified atom stereocenters. The van der Waals surface area contributed by atoms with Crippen molar-refractivity contribution >= 4 is 11.7 Å². The molecule has 0 spiro atoms. The zero-order valence-corrected chi connectivity index (χ0v) is 16.7. The van der Waals surface area contributed by atoms with Crippen LogP contribution in [0, 0.1) is 13.8 Å². The van der Waals surface area contributed by atoms with E-state index in [9.17, 15) is 4.79 Å². The van der Waals surface area contributed by atoms with Crippen LogP contribution in [0.2, 0.25) is 0 Å². The van der Waals surface area contributed by atoms with Crippen LogP contribution in [0.25, 0.3) is 5.82 Å². The van der Waals surface area contributed by atoms with Crippen LogP contribution in [0.4, 0.5) is 5.82 Å². The van der Waals surface area contributed by atoms with Crippen molar-refractivity contribution in [2.24, 2.45) is 0 Å². The zero-order valence-electron chi connectivity index (χ0n) is 16.7. The Kier molecular flexibility index (Phi) is 5.41. The number of hydrogen-bond donors (Lipinski definition) is 0. The number of rotatable bonds is 5. The van der Waals surface area contributed by atoms with E-state index in [-0.39, 0.29) is 12.5 Å². The fourth-order valence-electron chi connectivity index (χ4n) is 3.24. The topological polar surface area (TPSA) is 76.4 Å². The molecule has 1 fully saturated rings. The molecule has 29 heavy (non-hydrogen) atoms. The van der Waals surface area contributed by atoms with Gasteiger partial charge in [0.15, 0.2) is 18.2 Å². The zero-order chi connectivity index (χ0) is 20.2. The van der Waals surface area contributed by atoms with E-state index in [2.05, 4.69) is 27.0 Å². The third-order valence-corrected chi connectivity index (χ3v) is 5.20. The van der Waals surface area contributed by atoms with Crippen molar-refractivity contribution in [2.75, 3.05) is 37.7 Å². The molecule has 8 nitrogen and oxygen atoms in total. The van der Waals surface area contributed by atoms with E-state index in [1.807, 2.05) is 52.9 Å². The molecule has 0 radical (unpaired) electrons. The molecule has 3 heterocycles. The van der Waals surface area contributed by atoms with Crippen LogP contribution < -0.4 is 9.64 Å². The highest BCUT2D eigenvalue weighted by molar-refractivity contribution is 5.78. The molecule has 0 atom stereocenters. The average Bonchev–Trinajstić information content (AvgIpc) is 3.29. The van der Waals surface area contributed by atoms with Crippen LogP contribution in [0.5, 0.6) is 5.75 Å². The first-order valence-electron chi connectivity index (χ1n) is 9.65. The molecular formula is C21H24N6O2. The van der Waals surface area contributed by atoms with Crippen molar-refractivity contribution < 1.29 is 9.53 Å². The molecule has 0 N–H and O–H groups in total. The van der Waals surface area contributed by atoms with E-state index in [1.165, 1.54) is 5.56 Å². The van der Waals surface area contributed by atoms with Crippen molar-refractivity contribution in [3.63, 3.8) is 0 Å². The lowest BCUT2D eigenvalue weighted by atomic mass is 10.1. The molecule has 3 aromatic rings. The van der Waals surface area contributed by atoms with E-state index >= 15 is 0 Å². The number of aromatic nitrogens is 4. The Morgan fingerprint density at radius 2 is 1.76 bits per heavy atom. The smallest absolute Gasteiger partial charge is 0.260 e. The van der Waals surface area contributed by atoms with Gasteiger partial charge in [0.1, 0.15) is 12.1 Å². The van der Waals surface area contributed by atoms with E-state index in [0.29, 0.717) is 26.2 Å². The van der Waals surface area contributed by atoms with Gasteiger partial charge in [-0.15, -0.1) is 10.2 Å². The van der Waals surface area contributed by atoms with Gasteiger partial charge in [0.05, 0.1) is 0 Å². The normalized spacial score (nSPS) is 14.1. The quantitative estimate of drug-likeness (QED) is 0.661. The summed E-state index contributed by atoms with van der Waals surface area (Å²) < 4.78 is 7.49. The monoisotopic (exact) mass is 392 g/mol. The molecule has 0 aliphatic carbocycles. The molecule has 1 aromatic carbocycles. The molecule has 1 aliphatic heterocycles. The van der Waals surface area contributed by atoms with Gasteiger partial charge >= 0.3 is 0 Å². The van der Waals surface area contributed by atoms with Crippen LogP contribution in [-0.4, -0.2) is 63.3 Å². The average molecular weight is 392 g/mol. The predicted molar refractivity (Wildman–Crippen MR) is 109 cm³/mol. The van der Waals surface area contributed by atoms with Crippen LogP contribution in [-0.2, 0) is 4.79 Å². The summed E-state index contributed by atoms with van der Waals surface area (Å²) in [4.78, 5) is 20.5. The summed E-state index contributed by atoms with van der Waals surface area (Å²) in [6.45, 7) is 6.86. The predicted octanol–water partition coefficient (Wildman–Crippen LogP) is 2.01. The fourth-order valence-corrected chi connectivity index (χ4v) is 3.24. The van der Waals surface area contributed by atoms with Gasteiger partial charge in [0.2, 0.25) is 0 Å². The maximum atomic E-state index is 12.5. The first-order valence-corrected chi connectivity index (χ1v) is 9.65. The largest absolute Gasteiger partial charge is 0.484 e. The first kappa shape index (κ1) is 18.9. The Hall–Kier alpha value is -3.42. The van der Waals surface area contributed by atoms with E-state index in [4.69, 9.17) is 4.74 Å². The lowest BCUT2D eigenvalue weighted by Crippen LogP contribution is -2.50. The summed E-state index contributed by atoms with van der Waals surface area (Å²) >= 11 is 0. The maximum Gasteiger partial charge on any atom is 0.260 e. The molecule has 0 bridgehead atoms. The Bertz CT molecular complexity index is 963. The molecular weight excluding hydrogens is 368 g/mol. The molecule has 1 saturated heterocycles. The molecule has 1 aliphatic rings. The van der Waals surface area contributed by atoms with Crippen molar-refractivity contribution in [3.8, 4) is 11.6 Å². The van der Waals surface area contributed by atoms with Gasteiger partial charge in [0.25, 0.3) is 5.91 Å². The summed E-state index contributed by atoms with van der Waals surface area (Å²) in [7, 11) is 0. The Labute approximate surface area is 169 Å². The number of hydrogen-bond acceptors (Lipinski definition) is 6. The highest BCUT2D eigenvalue weighted by Gasteiger charge is 2.22. The summed E-state index contributed by atoms with van der Waals surface area (Å²) in [5, 5.41) is 8.58. The minimum atomic E-state index is 0.00409. The Morgan fingerprint density at radius 1 is 1.00 bits per heavy atom. The van der Waals surface area contributed by atoms with Crippen LogP contribution in [0.1, 0.15) is 11.1 Å². The van der Waals surface area contributed by atoms with Crippen molar-refractivity contribution in [2.45, 2.75) is 13.8 Å². The molecule has 1 amide bonds. The highest BCUT2D eigenvalue weighted by Crippen LogP contribution is 2.17. The van der Waals surface area contributed by atoms with Crippen LogP contribution in [0.3, 0.4) is 0 Å². The first-order chi connectivity index (χ1) is 14.1. The second kappa shape index (κ2) is 8.30. The number of anilines is 1. The number of amides is 1. The van der Waals surface area contributed by atoms with Crippen molar-refractivity contribution in [3.05, 3.63) is 60.2 Å². The van der Waals surface area contributed by atoms with Gasteiger partial charge in [0, 0.05) is 38.6 Å². The summed E-state index contributed by atoms with van der Waals surface area (Å²) in [6, 6.07) is 9.74. The minimum Gasteiger partial charge on any atom is -0.484 e. The van der Waals surface area contributed by atoms with Gasteiger partial charge < -0.3 is 14.5 Å². The molecule has 8 heteroatoms. The second-order valence-corrected chi connectivity index (χ2v) is 7.12. The molecule has 4 rings (SSSR count). The number of piperazine rings is 1. The number of carbonyl (C=O) groups is 1. The second-order valence-electron chi connectivity index (χ2n) is 7.12. The van der Waals surface area contributed by atoms with Crippen LogP contribution >= 0.6 is 0 Å². The third kappa shape index (κ3) is 4.37. The number of nitrogens with zero attached hydrogens (tertiary/aromatic N) is 6. The molecule has 2 aromatic heterocycles. The Morgan fingerprint density at radius 3 is 2.41 bits per heavy atom. The standard InChI is InChI=1S/C21H24N6O2/c1-16-3-4-18(13-17(16)2)29-14-21(28)26-11-9-25(10-12-26)19-5-6-20(24-23-19)27-8-7-22-15-27/h3-8,13,15H,9-12,14H2,1-2H3. The molecule has 150 valence electrons. The van der Waals surface area contributed by atoms with E-state index in [0.717, 1.165) is 22.9 Å². The fraction of sp³-hybridized carbons (Fsp3) is 0.333.